The van der Waals surface area contributed by atoms with Crippen LogP contribution >= 0.6 is 11.8 Å². The van der Waals surface area contributed by atoms with Crippen molar-refractivity contribution in [2.45, 2.75) is 56.5 Å². The van der Waals surface area contributed by atoms with E-state index in [1.165, 1.54) is 49.6 Å². The maximum atomic E-state index is 13.7. The molecule has 2 aliphatic rings. The van der Waals surface area contributed by atoms with E-state index in [0.29, 0.717) is 28.7 Å². The van der Waals surface area contributed by atoms with Crippen molar-refractivity contribution in [2.75, 3.05) is 24.5 Å². The predicted octanol–water partition coefficient (Wildman–Crippen LogP) is 6.89. The molecule has 7 heteroatoms. The van der Waals surface area contributed by atoms with Crippen LogP contribution in [0.1, 0.15) is 60.5 Å². The average molecular weight is 558 g/mol. The highest BCUT2D eigenvalue weighted by Gasteiger charge is 2.30. The molecule has 3 aromatic carbocycles. The SMILES string of the molecule is CCC1CCCCN1CCCNC(=O)c1ccc2c(c1)N(Cc1ccc(F)cc1)C(=O)/C(=C/c1ccccc1)S2. The molecule has 2 amide bonds. The fourth-order valence-corrected chi connectivity index (χ4v) is 6.52. The molecule has 0 spiro atoms. The fraction of sp³-hybridized carbons (Fsp3) is 0.333. The summed E-state index contributed by atoms with van der Waals surface area (Å²) in [6.45, 7) is 5.28. The Morgan fingerprint density at radius 2 is 1.88 bits per heavy atom. The smallest absolute Gasteiger partial charge is 0.265 e. The van der Waals surface area contributed by atoms with Crippen LogP contribution < -0.4 is 10.2 Å². The number of hydrogen-bond donors (Lipinski definition) is 1. The average Bonchev–Trinajstić information content (AvgIpc) is 2.99. The van der Waals surface area contributed by atoms with Gasteiger partial charge in [0.1, 0.15) is 5.82 Å². The minimum Gasteiger partial charge on any atom is -0.352 e. The van der Waals surface area contributed by atoms with Crippen molar-refractivity contribution in [1.29, 1.82) is 0 Å². The minimum absolute atomic E-state index is 0.140. The summed E-state index contributed by atoms with van der Waals surface area (Å²) in [6.07, 6.45) is 7.81. The number of rotatable bonds is 9. The van der Waals surface area contributed by atoms with Crippen LogP contribution in [0.2, 0.25) is 0 Å². The van der Waals surface area contributed by atoms with E-state index in [1.54, 1.807) is 23.1 Å². The molecular weight excluding hydrogens is 521 g/mol. The summed E-state index contributed by atoms with van der Waals surface area (Å²) in [5.74, 6) is -0.604. The Morgan fingerprint density at radius 3 is 2.65 bits per heavy atom. The van der Waals surface area contributed by atoms with Crippen LogP contribution in [0.15, 0.2) is 82.6 Å². The van der Waals surface area contributed by atoms with Crippen LogP contribution in [-0.4, -0.2) is 42.4 Å². The first-order valence-electron chi connectivity index (χ1n) is 14.2. The highest BCUT2D eigenvalue weighted by atomic mass is 32.2. The van der Waals surface area contributed by atoms with E-state index < -0.39 is 0 Å². The van der Waals surface area contributed by atoms with Gasteiger partial charge < -0.3 is 15.1 Å². The molecule has 208 valence electrons. The molecule has 0 radical (unpaired) electrons. The van der Waals surface area contributed by atoms with Crippen molar-refractivity contribution in [3.05, 3.63) is 100 Å². The third-order valence-corrected chi connectivity index (χ3v) is 8.74. The van der Waals surface area contributed by atoms with Crippen molar-refractivity contribution in [1.82, 2.24) is 10.2 Å². The summed E-state index contributed by atoms with van der Waals surface area (Å²) >= 11 is 1.41. The molecule has 0 aliphatic carbocycles. The number of likely N-dealkylation sites (tertiary alicyclic amines) is 1. The predicted molar refractivity (Wildman–Crippen MR) is 161 cm³/mol. The molecule has 2 heterocycles. The van der Waals surface area contributed by atoms with Crippen LogP contribution in [0.5, 0.6) is 0 Å². The summed E-state index contributed by atoms with van der Waals surface area (Å²) in [5.41, 5.74) is 2.96. The van der Waals surface area contributed by atoms with E-state index >= 15 is 0 Å². The molecular formula is C33H36FN3O2S. The number of piperidine rings is 1. The quantitative estimate of drug-likeness (QED) is 0.230. The number of carbonyl (C=O) groups excluding carboxylic acids is 2. The lowest BCUT2D eigenvalue weighted by atomic mass is 10.00. The zero-order valence-electron chi connectivity index (χ0n) is 22.9. The molecule has 1 saturated heterocycles. The summed E-state index contributed by atoms with van der Waals surface area (Å²) in [6, 6.07) is 22.1. The molecule has 0 saturated carbocycles. The second-order valence-electron chi connectivity index (χ2n) is 10.4. The van der Waals surface area contributed by atoms with Crippen LogP contribution in [0, 0.1) is 5.82 Å². The van der Waals surface area contributed by atoms with Gasteiger partial charge in [0, 0.05) is 29.6 Å². The molecule has 5 rings (SSSR count). The van der Waals surface area contributed by atoms with E-state index in [2.05, 4.69) is 17.1 Å². The van der Waals surface area contributed by atoms with Gasteiger partial charge in [-0.15, -0.1) is 0 Å². The lowest BCUT2D eigenvalue weighted by Gasteiger charge is -2.35. The maximum absolute atomic E-state index is 13.7. The molecule has 0 aromatic heterocycles. The van der Waals surface area contributed by atoms with Gasteiger partial charge in [-0.25, -0.2) is 4.39 Å². The second-order valence-corrected chi connectivity index (χ2v) is 11.5. The third kappa shape index (κ3) is 6.83. The van der Waals surface area contributed by atoms with Gasteiger partial charge in [0.25, 0.3) is 11.8 Å². The number of hydrogen-bond acceptors (Lipinski definition) is 4. The molecule has 1 N–H and O–H groups in total. The van der Waals surface area contributed by atoms with Crippen LogP contribution in [0.25, 0.3) is 6.08 Å². The normalized spacial score (nSPS) is 18.6. The summed E-state index contributed by atoms with van der Waals surface area (Å²) in [4.78, 5) is 32.6. The van der Waals surface area contributed by atoms with Gasteiger partial charge in [0.15, 0.2) is 0 Å². The number of amides is 2. The lowest BCUT2D eigenvalue weighted by Crippen LogP contribution is -2.40. The monoisotopic (exact) mass is 557 g/mol. The van der Waals surface area contributed by atoms with E-state index in [9.17, 15) is 14.0 Å². The zero-order valence-corrected chi connectivity index (χ0v) is 23.8. The maximum Gasteiger partial charge on any atom is 0.265 e. The number of halogens is 1. The third-order valence-electron chi connectivity index (χ3n) is 7.67. The van der Waals surface area contributed by atoms with Crippen molar-refractivity contribution >= 4 is 35.3 Å². The Hall–Kier alpha value is -3.42. The highest BCUT2D eigenvalue weighted by molar-refractivity contribution is 8.04. The molecule has 1 unspecified atom stereocenters. The van der Waals surface area contributed by atoms with Crippen molar-refractivity contribution in [3.8, 4) is 0 Å². The number of fused-ring (bicyclic) bond motifs is 1. The Labute approximate surface area is 240 Å². The summed E-state index contributed by atoms with van der Waals surface area (Å²) < 4.78 is 13.6. The Kier molecular flexibility index (Phi) is 9.34. The van der Waals surface area contributed by atoms with Gasteiger partial charge in [-0.1, -0.05) is 67.6 Å². The first kappa shape index (κ1) is 28.1. The Morgan fingerprint density at radius 1 is 1.07 bits per heavy atom. The molecule has 1 atom stereocenters. The van der Waals surface area contributed by atoms with E-state index in [0.717, 1.165) is 35.5 Å². The van der Waals surface area contributed by atoms with Gasteiger partial charge in [0.2, 0.25) is 0 Å². The molecule has 2 aliphatic heterocycles. The number of nitrogens with zero attached hydrogens (tertiary/aromatic N) is 2. The van der Waals surface area contributed by atoms with E-state index in [4.69, 9.17) is 0 Å². The number of anilines is 1. The molecule has 40 heavy (non-hydrogen) atoms. The van der Waals surface area contributed by atoms with E-state index in [-0.39, 0.29) is 24.2 Å². The van der Waals surface area contributed by atoms with Gasteiger partial charge >= 0.3 is 0 Å². The van der Waals surface area contributed by atoms with Gasteiger partial charge in [0.05, 0.1) is 17.1 Å². The first-order chi connectivity index (χ1) is 19.5. The number of thioether (sulfide) groups is 1. The highest BCUT2D eigenvalue weighted by Crippen LogP contribution is 2.43. The fourth-order valence-electron chi connectivity index (χ4n) is 5.48. The first-order valence-corrected chi connectivity index (χ1v) is 15.0. The summed E-state index contributed by atoms with van der Waals surface area (Å²) in [7, 11) is 0. The van der Waals surface area contributed by atoms with Gasteiger partial charge in [-0.3, -0.25) is 9.59 Å². The number of nitrogens with one attached hydrogen (secondary N) is 1. The van der Waals surface area contributed by atoms with Crippen molar-refractivity contribution < 1.29 is 14.0 Å². The summed E-state index contributed by atoms with van der Waals surface area (Å²) in [5, 5.41) is 3.07. The molecule has 1 fully saturated rings. The lowest BCUT2D eigenvalue weighted by molar-refractivity contribution is -0.114. The van der Waals surface area contributed by atoms with Crippen LogP contribution in [-0.2, 0) is 11.3 Å². The topological polar surface area (TPSA) is 52.7 Å². The molecule has 0 bridgehead atoms. The Balaban J connectivity index is 1.32. The van der Waals surface area contributed by atoms with Crippen molar-refractivity contribution in [3.63, 3.8) is 0 Å². The second kappa shape index (κ2) is 13.3. The number of benzene rings is 3. The molecule has 3 aromatic rings. The standard InChI is InChI=1S/C33H36FN3O2S/c1-2-28-11-6-7-19-36(28)20-8-18-35-32(38)26-14-17-30-29(22-26)37(23-25-12-15-27(34)16-13-25)33(39)31(40-30)21-24-9-4-3-5-10-24/h3-5,9-10,12-17,21-22,28H,2,6-8,11,18-20,23H2,1H3,(H,35,38)/b31-21-. The minimum atomic E-state index is -0.321. The van der Waals surface area contributed by atoms with Crippen LogP contribution in [0.4, 0.5) is 10.1 Å². The van der Waals surface area contributed by atoms with E-state index in [1.807, 2.05) is 48.5 Å². The molecule has 5 nitrogen and oxygen atoms in total. The van der Waals surface area contributed by atoms with Gasteiger partial charge in [-0.05, 0) is 79.8 Å². The largest absolute Gasteiger partial charge is 0.352 e. The van der Waals surface area contributed by atoms with Gasteiger partial charge in [-0.2, -0.15) is 0 Å². The number of carbonyl (C=O) groups is 2. The zero-order chi connectivity index (χ0) is 27.9. The Bertz CT molecular complexity index is 1360. The van der Waals surface area contributed by atoms with Crippen molar-refractivity contribution in [2.24, 2.45) is 0 Å². The van der Waals surface area contributed by atoms with Crippen LogP contribution in [0.3, 0.4) is 0 Å².